The van der Waals surface area contributed by atoms with E-state index in [1.54, 1.807) is 0 Å². The van der Waals surface area contributed by atoms with Gasteiger partial charge in [0.1, 0.15) is 5.75 Å². The molecular formula is C31H29N5O5S2. The zero-order chi connectivity index (χ0) is 29.8. The lowest BCUT2D eigenvalue weighted by atomic mass is 9.94. The number of hydrogen-bond acceptors (Lipinski definition) is 10. The lowest BCUT2D eigenvalue weighted by molar-refractivity contribution is 0.102. The van der Waals surface area contributed by atoms with Gasteiger partial charge in [0.05, 0.1) is 21.7 Å². The van der Waals surface area contributed by atoms with Gasteiger partial charge in [0, 0.05) is 25.2 Å². The third-order valence-corrected chi connectivity index (χ3v) is 9.22. The second-order valence-corrected chi connectivity index (χ2v) is 12.0. The average molecular weight is 616 g/mol. The number of nitrogens with two attached hydrogens (primary N) is 1. The minimum atomic E-state index is -1.41. The molecule has 0 atom stereocenters. The number of ether oxygens (including phenoxy) is 2. The number of nitrogens with zero attached hydrogens (tertiary/aromatic N) is 3. The number of carbonyl (C=O) groups is 2. The van der Waals surface area contributed by atoms with E-state index < -0.39 is 6.16 Å². The molecule has 0 spiro atoms. The fraction of sp³-hybridized carbons (Fsp3) is 0.226. The molecule has 43 heavy (non-hydrogen) atoms. The number of aryl methyl sites for hydroxylation is 1. The molecule has 0 radical (unpaired) electrons. The van der Waals surface area contributed by atoms with Crippen molar-refractivity contribution in [3.8, 4) is 11.6 Å². The number of anilines is 2. The van der Waals surface area contributed by atoms with E-state index in [-0.39, 0.29) is 11.8 Å². The van der Waals surface area contributed by atoms with Crippen molar-refractivity contribution in [2.75, 3.05) is 23.4 Å². The molecule has 3 aromatic carbocycles. The van der Waals surface area contributed by atoms with Gasteiger partial charge in [0.15, 0.2) is 10.3 Å². The SMILES string of the molecule is NCc1ccc(OCCCc2sc(N3CCc4cccc(C(=O)Nc5nc6ccccc6s5)c4C3)nc2OC(=O)O)cc1. The first-order valence-electron chi connectivity index (χ1n) is 13.8. The molecule has 1 aliphatic rings. The minimum absolute atomic E-state index is 0.0902. The Morgan fingerprint density at radius 2 is 1.86 bits per heavy atom. The summed E-state index contributed by atoms with van der Waals surface area (Å²) in [5, 5.41) is 13.5. The van der Waals surface area contributed by atoms with Gasteiger partial charge in [-0.25, -0.2) is 9.78 Å². The second kappa shape index (κ2) is 12.8. The molecule has 4 N–H and O–H groups in total. The molecule has 0 bridgehead atoms. The largest absolute Gasteiger partial charge is 0.512 e. The Bertz CT molecular complexity index is 1740. The Hall–Kier alpha value is -4.52. The van der Waals surface area contributed by atoms with Gasteiger partial charge < -0.3 is 25.2 Å². The molecule has 0 saturated heterocycles. The van der Waals surface area contributed by atoms with Gasteiger partial charge in [0.2, 0.25) is 5.88 Å². The molecule has 2 aromatic heterocycles. The van der Waals surface area contributed by atoms with E-state index in [2.05, 4.69) is 20.2 Å². The Labute approximate surface area is 255 Å². The lowest BCUT2D eigenvalue weighted by Crippen LogP contribution is -2.32. The summed E-state index contributed by atoms with van der Waals surface area (Å²) in [4.78, 5) is 36.7. The summed E-state index contributed by atoms with van der Waals surface area (Å²) in [6.45, 7) is 2.06. The zero-order valence-electron chi connectivity index (χ0n) is 23.1. The maximum atomic E-state index is 13.4. The van der Waals surface area contributed by atoms with Crippen molar-refractivity contribution in [2.45, 2.75) is 32.4 Å². The van der Waals surface area contributed by atoms with Crippen molar-refractivity contribution in [1.29, 1.82) is 0 Å². The van der Waals surface area contributed by atoms with Gasteiger partial charge in [-0.2, -0.15) is 4.98 Å². The van der Waals surface area contributed by atoms with E-state index in [0.717, 1.165) is 44.0 Å². The highest BCUT2D eigenvalue weighted by molar-refractivity contribution is 7.22. The number of para-hydroxylation sites is 1. The summed E-state index contributed by atoms with van der Waals surface area (Å²) in [5.74, 6) is 0.622. The van der Waals surface area contributed by atoms with Crippen LogP contribution in [0.4, 0.5) is 15.1 Å². The fourth-order valence-electron chi connectivity index (χ4n) is 4.97. The Morgan fingerprint density at radius 1 is 1.02 bits per heavy atom. The first-order chi connectivity index (χ1) is 21.0. The van der Waals surface area contributed by atoms with Gasteiger partial charge in [0.25, 0.3) is 5.91 Å². The van der Waals surface area contributed by atoms with E-state index in [0.29, 0.717) is 54.9 Å². The molecule has 6 rings (SSSR count). The van der Waals surface area contributed by atoms with Gasteiger partial charge in [-0.15, -0.1) is 0 Å². The molecule has 1 aliphatic heterocycles. The number of rotatable bonds is 10. The van der Waals surface area contributed by atoms with Crippen molar-refractivity contribution in [2.24, 2.45) is 5.73 Å². The van der Waals surface area contributed by atoms with Crippen molar-refractivity contribution >= 4 is 55.2 Å². The number of carboxylic acid groups (broad SMARTS) is 1. The standard InChI is InChI=1S/C31H29N5O5S2/c32-17-19-10-12-21(13-11-19)40-16-4-9-26-28(41-31(38)39)35-30(43-26)36-15-14-20-5-3-6-22(23(20)18-36)27(37)34-29-33-24-7-1-2-8-25(24)42-29/h1-3,5-8,10-13H,4,9,14-18,32H2,(H,38,39)(H,33,34,37). The third-order valence-electron chi connectivity index (χ3n) is 7.11. The molecule has 3 heterocycles. The van der Waals surface area contributed by atoms with Crippen LogP contribution in [0.25, 0.3) is 10.2 Å². The Balaban J connectivity index is 1.15. The van der Waals surface area contributed by atoms with E-state index in [1.807, 2.05) is 66.7 Å². The number of fused-ring (bicyclic) bond motifs is 2. The van der Waals surface area contributed by atoms with E-state index in [4.69, 9.17) is 15.2 Å². The number of nitrogens with one attached hydrogen (secondary N) is 1. The summed E-state index contributed by atoms with van der Waals surface area (Å²) in [6.07, 6.45) is 0.502. The molecular weight excluding hydrogens is 587 g/mol. The van der Waals surface area contributed by atoms with E-state index >= 15 is 0 Å². The molecule has 0 unspecified atom stereocenters. The molecule has 0 saturated carbocycles. The second-order valence-electron chi connectivity index (χ2n) is 9.95. The van der Waals surface area contributed by atoms with Crippen LogP contribution >= 0.6 is 22.7 Å². The number of carbonyl (C=O) groups excluding carboxylic acids is 1. The van der Waals surface area contributed by atoms with Crippen LogP contribution in [0, 0.1) is 0 Å². The van der Waals surface area contributed by atoms with E-state index in [9.17, 15) is 14.7 Å². The molecule has 12 heteroatoms. The fourth-order valence-corrected chi connectivity index (χ4v) is 6.89. The van der Waals surface area contributed by atoms with Crippen LogP contribution in [0.3, 0.4) is 0 Å². The smallest absolute Gasteiger partial charge is 0.494 e. The highest BCUT2D eigenvalue weighted by atomic mass is 32.1. The molecule has 0 aliphatic carbocycles. The first kappa shape index (κ1) is 28.6. The Kier molecular flexibility index (Phi) is 8.50. The molecule has 0 fully saturated rings. The normalized spacial score (nSPS) is 12.6. The minimum Gasteiger partial charge on any atom is -0.494 e. The van der Waals surface area contributed by atoms with Crippen molar-refractivity contribution in [3.05, 3.63) is 93.9 Å². The van der Waals surface area contributed by atoms with Gasteiger partial charge in [-0.3, -0.25) is 10.1 Å². The number of hydrogen-bond donors (Lipinski definition) is 3. The average Bonchev–Trinajstić information content (AvgIpc) is 3.62. The van der Waals surface area contributed by atoms with Crippen LogP contribution in [0.2, 0.25) is 0 Å². The summed E-state index contributed by atoms with van der Waals surface area (Å²) in [7, 11) is 0. The molecule has 220 valence electrons. The third kappa shape index (κ3) is 6.61. The van der Waals surface area contributed by atoms with Crippen molar-refractivity contribution < 1.29 is 24.2 Å². The number of aromatic nitrogens is 2. The predicted octanol–water partition coefficient (Wildman–Crippen LogP) is 6.09. The molecule has 10 nitrogen and oxygen atoms in total. The van der Waals surface area contributed by atoms with Gasteiger partial charge in [-0.1, -0.05) is 59.1 Å². The van der Waals surface area contributed by atoms with Crippen LogP contribution in [0.1, 0.15) is 38.3 Å². The van der Waals surface area contributed by atoms with Crippen LogP contribution in [0.5, 0.6) is 11.6 Å². The summed E-state index contributed by atoms with van der Waals surface area (Å²) < 4.78 is 11.9. The first-order valence-corrected chi connectivity index (χ1v) is 15.4. The van der Waals surface area contributed by atoms with E-state index in [1.165, 1.54) is 22.7 Å². The number of thiazole rings is 2. The van der Waals surface area contributed by atoms with Crippen LogP contribution in [-0.2, 0) is 25.9 Å². The van der Waals surface area contributed by atoms with Crippen LogP contribution < -0.4 is 25.4 Å². The highest BCUT2D eigenvalue weighted by Gasteiger charge is 2.26. The molecule has 5 aromatic rings. The monoisotopic (exact) mass is 615 g/mol. The lowest BCUT2D eigenvalue weighted by Gasteiger charge is -2.29. The maximum Gasteiger partial charge on any atom is 0.512 e. The zero-order valence-corrected chi connectivity index (χ0v) is 24.7. The molecule has 1 amide bonds. The maximum absolute atomic E-state index is 13.4. The highest BCUT2D eigenvalue weighted by Crippen LogP contribution is 2.36. The van der Waals surface area contributed by atoms with Crippen LogP contribution in [-0.4, -0.2) is 40.3 Å². The van der Waals surface area contributed by atoms with Crippen molar-refractivity contribution in [1.82, 2.24) is 9.97 Å². The van der Waals surface area contributed by atoms with Gasteiger partial charge in [-0.05, 0) is 66.3 Å². The Morgan fingerprint density at radius 3 is 2.65 bits per heavy atom. The topological polar surface area (TPSA) is 140 Å². The summed E-state index contributed by atoms with van der Waals surface area (Å²) in [6, 6.07) is 21.1. The van der Waals surface area contributed by atoms with Crippen molar-refractivity contribution in [3.63, 3.8) is 0 Å². The number of amides is 1. The summed E-state index contributed by atoms with van der Waals surface area (Å²) >= 11 is 2.84. The van der Waals surface area contributed by atoms with Gasteiger partial charge >= 0.3 is 6.16 Å². The quantitative estimate of drug-likeness (QED) is 0.126. The number of benzene rings is 3. The van der Waals surface area contributed by atoms with Crippen LogP contribution in [0.15, 0.2) is 66.7 Å². The predicted molar refractivity (Wildman–Crippen MR) is 168 cm³/mol. The summed E-state index contributed by atoms with van der Waals surface area (Å²) in [5.41, 5.74) is 10.1.